The molecule has 1 atom stereocenters. The fraction of sp³-hybridized carbons (Fsp3) is 0.565. The fourth-order valence-electron chi connectivity index (χ4n) is 4.16. The maximum Gasteiger partial charge on any atom is 0.490 e. The van der Waals surface area contributed by atoms with Crippen LogP contribution in [0.4, 0.5) is 30.7 Å². The topological polar surface area (TPSA) is 116 Å². The first kappa shape index (κ1) is 33.2. The van der Waals surface area contributed by atoms with E-state index < -0.39 is 24.3 Å². The molecule has 2 aliphatic heterocycles. The zero-order valence-corrected chi connectivity index (χ0v) is 22.1. The van der Waals surface area contributed by atoms with Crippen LogP contribution in [0.5, 0.6) is 5.88 Å². The van der Waals surface area contributed by atoms with Crippen molar-refractivity contribution in [3.63, 3.8) is 0 Å². The van der Waals surface area contributed by atoms with E-state index in [1.54, 1.807) is 23.6 Å². The average molecular weight is 605 g/mol. The van der Waals surface area contributed by atoms with E-state index in [9.17, 15) is 30.7 Å². The van der Waals surface area contributed by atoms with Crippen molar-refractivity contribution in [2.24, 2.45) is 5.92 Å². The van der Waals surface area contributed by atoms with E-state index in [1.807, 2.05) is 6.92 Å². The Morgan fingerprint density at radius 3 is 2.20 bits per heavy atom. The van der Waals surface area contributed by atoms with Crippen molar-refractivity contribution >= 4 is 23.3 Å². The lowest BCUT2D eigenvalue weighted by Gasteiger charge is -2.58. The lowest BCUT2D eigenvalue weighted by molar-refractivity contribution is -0.193. The normalized spacial score (nSPS) is 19.0. The van der Waals surface area contributed by atoms with Crippen LogP contribution in [-0.4, -0.2) is 93.1 Å². The number of carboxylic acids is 2. The number of aryl methyl sites for hydroxylation is 1. The van der Waals surface area contributed by atoms with E-state index >= 15 is 0 Å². The third-order valence-corrected chi connectivity index (χ3v) is 7.03. The standard InChI is InChI=1S/C19H25FN4OS.2C2HF3O2/c1-14-11-26-17(22-14)9-24-12-19(13-24)8-15(5-7-23(19)2)10-25-18-16(20)4-3-6-21-18;2*3-2(4,5)1(6)7/h3-4,6,11,15H,5,7-10,12-13H2,1-2H3;2*(H,6,7). The van der Waals surface area contributed by atoms with Gasteiger partial charge in [0.15, 0.2) is 5.82 Å². The number of hydrogen-bond donors (Lipinski definition) is 2. The zero-order valence-electron chi connectivity index (χ0n) is 21.3. The van der Waals surface area contributed by atoms with Crippen LogP contribution in [0.15, 0.2) is 23.7 Å². The second-order valence-corrected chi connectivity index (χ2v) is 10.2. The van der Waals surface area contributed by atoms with Crippen molar-refractivity contribution in [2.75, 3.05) is 33.3 Å². The molecule has 17 heteroatoms. The van der Waals surface area contributed by atoms with Crippen LogP contribution in [0.25, 0.3) is 0 Å². The minimum atomic E-state index is -5.08. The molecule has 0 bridgehead atoms. The average Bonchev–Trinajstić information content (AvgIpc) is 3.23. The number of aromatic nitrogens is 2. The Bertz CT molecular complexity index is 1120. The molecule has 1 spiro atoms. The number of piperidine rings is 1. The number of nitrogens with zero attached hydrogens (tertiary/aromatic N) is 4. The van der Waals surface area contributed by atoms with E-state index in [2.05, 4.69) is 32.2 Å². The van der Waals surface area contributed by atoms with Gasteiger partial charge in [-0.1, -0.05) is 0 Å². The van der Waals surface area contributed by atoms with Crippen LogP contribution in [0, 0.1) is 18.7 Å². The monoisotopic (exact) mass is 604 g/mol. The van der Waals surface area contributed by atoms with Gasteiger partial charge in [-0.15, -0.1) is 11.3 Å². The number of halogens is 7. The number of likely N-dealkylation sites (N-methyl/N-ethyl adjacent to an activating group) is 1. The molecule has 0 aliphatic carbocycles. The quantitative estimate of drug-likeness (QED) is 0.484. The van der Waals surface area contributed by atoms with Gasteiger partial charge in [0.2, 0.25) is 5.88 Å². The maximum absolute atomic E-state index is 13.7. The van der Waals surface area contributed by atoms with Gasteiger partial charge in [-0.2, -0.15) is 26.3 Å². The smallest absolute Gasteiger partial charge is 0.475 e. The second kappa shape index (κ2) is 13.5. The summed E-state index contributed by atoms with van der Waals surface area (Å²) in [5, 5.41) is 17.6. The van der Waals surface area contributed by atoms with Crippen molar-refractivity contribution in [2.45, 2.75) is 44.2 Å². The van der Waals surface area contributed by atoms with Crippen molar-refractivity contribution in [3.05, 3.63) is 40.2 Å². The Labute approximate surface area is 228 Å². The largest absolute Gasteiger partial charge is 0.490 e. The molecule has 1 unspecified atom stereocenters. The molecule has 0 saturated carbocycles. The van der Waals surface area contributed by atoms with Crippen LogP contribution >= 0.6 is 11.3 Å². The number of hydrogen-bond acceptors (Lipinski definition) is 8. The Morgan fingerprint density at radius 1 is 1.15 bits per heavy atom. The minimum absolute atomic E-state index is 0.120. The van der Waals surface area contributed by atoms with Crippen molar-refractivity contribution < 1.29 is 55.3 Å². The van der Waals surface area contributed by atoms with Crippen LogP contribution in [0.2, 0.25) is 0 Å². The van der Waals surface area contributed by atoms with Gasteiger partial charge in [0.25, 0.3) is 0 Å². The molecular formula is C23H27F7N4O5S. The van der Waals surface area contributed by atoms with Crippen LogP contribution in [0.3, 0.4) is 0 Å². The molecule has 2 aromatic rings. The predicted octanol–water partition coefficient (Wildman–Crippen LogP) is 4.23. The van der Waals surface area contributed by atoms with Gasteiger partial charge in [0.1, 0.15) is 5.01 Å². The summed E-state index contributed by atoms with van der Waals surface area (Å²) in [5.41, 5.74) is 1.33. The Kier molecular flexibility index (Phi) is 11.2. The summed E-state index contributed by atoms with van der Waals surface area (Å²) >= 11 is 1.74. The summed E-state index contributed by atoms with van der Waals surface area (Å²) in [6, 6.07) is 2.97. The van der Waals surface area contributed by atoms with Crippen LogP contribution in [0.1, 0.15) is 23.5 Å². The first-order valence-electron chi connectivity index (χ1n) is 11.6. The summed E-state index contributed by atoms with van der Waals surface area (Å²) < 4.78 is 82.8. The summed E-state index contributed by atoms with van der Waals surface area (Å²) in [4.78, 5) is 31.3. The number of carbonyl (C=O) groups is 2. The number of aliphatic carboxylic acids is 2. The van der Waals surface area contributed by atoms with Gasteiger partial charge in [-0.25, -0.2) is 23.9 Å². The molecule has 0 amide bonds. The van der Waals surface area contributed by atoms with Gasteiger partial charge >= 0.3 is 24.3 Å². The number of ether oxygens (including phenoxy) is 1. The highest BCUT2D eigenvalue weighted by molar-refractivity contribution is 7.09. The summed E-state index contributed by atoms with van der Waals surface area (Å²) in [5.74, 6) is -5.34. The Balaban J connectivity index is 0.000000333. The molecule has 0 aromatic carbocycles. The maximum atomic E-state index is 13.7. The van der Waals surface area contributed by atoms with Gasteiger partial charge < -0.3 is 14.9 Å². The van der Waals surface area contributed by atoms with Gasteiger partial charge in [0.05, 0.1) is 13.2 Å². The van der Waals surface area contributed by atoms with E-state index in [0.717, 1.165) is 44.7 Å². The predicted molar refractivity (Wildman–Crippen MR) is 127 cm³/mol. The fourth-order valence-corrected chi connectivity index (χ4v) is 4.97. The molecule has 2 N–H and O–H groups in total. The third-order valence-electron chi connectivity index (χ3n) is 6.08. The van der Waals surface area contributed by atoms with E-state index in [1.165, 1.54) is 11.1 Å². The summed E-state index contributed by atoms with van der Waals surface area (Å²) in [7, 11) is 2.22. The highest BCUT2D eigenvalue weighted by Crippen LogP contribution is 2.39. The molecule has 9 nitrogen and oxygen atoms in total. The van der Waals surface area contributed by atoms with Gasteiger partial charge in [0, 0.05) is 35.9 Å². The van der Waals surface area contributed by atoms with E-state index in [0.29, 0.717) is 12.5 Å². The Morgan fingerprint density at radius 2 is 1.73 bits per heavy atom. The highest BCUT2D eigenvalue weighted by atomic mass is 32.1. The lowest BCUT2D eigenvalue weighted by Crippen LogP contribution is -2.71. The van der Waals surface area contributed by atoms with Crippen molar-refractivity contribution in [3.8, 4) is 5.88 Å². The molecule has 0 radical (unpaired) electrons. The molecule has 2 saturated heterocycles. The third kappa shape index (κ3) is 9.85. The van der Waals surface area contributed by atoms with Gasteiger partial charge in [-0.05, 0) is 51.4 Å². The molecule has 4 heterocycles. The van der Waals surface area contributed by atoms with E-state index in [4.69, 9.17) is 24.5 Å². The Hall–Kier alpha value is -3.05. The van der Waals surface area contributed by atoms with Crippen LogP contribution < -0.4 is 4.74 Å². The molecule has 2 fully saturated rings. The first-order chi connectivity index (χ1) is 18.4. The molecule has 2 aliphatic rings. The lowest BCUT2D eigenvalue weighted by atomic mass is 9.75. The number of rotatable bonds is 5. The van der Waals surface area contributed by atoms with Crippen LogP contribution in [-0.2, 0) is 16.1 Å². The first-order valence-corrected chi connectivity index (χ1v) is 12.5. The second-order valence-electron chi connectivity index (χ2n) is 9.24. The number of alkyl halides is 6. The van der Waals surface area contributed by atoms with Crippen molar-refractivity contribution in [1.82, 2.24) is 19.8 Å². The number of likely N-dealkylation sites (tertiary alicyclic amines) is 2. The number of thiazole rings is 1. The molecule has 2 aromatic heterocycles. The zero-order chi connectivity index (χ0) is 30.3. The molecule has 224 valence electrons. The SMILES string of the molecule is Cc1csc(CN2CC3(CC(COc4ncccc4F)CCN3C)C2)n1.O=C(O)C(F)(F)F.O=C(O)C(F)(F)F. The molecular weight excluding hydrogens is 577 g/mol. The number of pyridine rings is 1. The van der Waals surface area contributed by atoms with E-state index in [-0.39, 0.29) is 17.2 Å². The molecule has 40 heavy (non-hydrogen) atoms. The highest BCUT2D eigenvalue weighted by Gasteiger charge is 2.49. The minimum Gasteiger partial charge on any atom is -0.475 e. The number of carboxylic acid groups (broad SMARTS) is 2. The summed E-state index contributed by atoms with van der Waals surface area (Å²) in [6.45, 7) is 6.71. The summed E-state index contributed by atoms with van der Waals surface area (Å²) in [6.07, 6.45) is -6.43. The van der Waals surface area contributed by atoms with Crippen molar-refractivity contribution in [1.29, 1.82) is 0 Å². The van der Waals surface area contributed by atoms with Gasteiger partial charge in [-0.3, -0.25) is 9.80 Å². The molecule has 4 rings (SSSR count).